The lowest BCUT2D eigenvalue weighted by molar-refractivity contribution is 0.350. The van der Waals surface area contributed by atoms with Gasteiger partial charge in [0.15, 0.2) is 0 Å². The molecule has 0 aromatic rings. The summed E-state index contributed by atoms with van der Waals surface area (Å²) in [5, 5.41) is 8.22. The molecule has 1 nitrogen and oxygen atoms in total. The van der Waals surface area contributed by atoms with Crippen molar-refractivity contribution in [3.05, 3.63) is 12.2 Å². The van der Waals surface area contributed by atoms with E-state index in [0.29, 0.717) is 5.92 Å². The van der Waals surface area contributed by atoms with Gasteiger partial charge in [-0.05, 0) is 12.0 Å². The van der Waals surface area contributed by atoms with Gasteiger partial charge in [0.2, 0.25) is 0 Å². The summed E-state index contributed by atoms with van der Waals surface area (Å²) in [4.78, 5) is 0. The zero-order chi connectivity index (χ0) is 7.11. The number of hydrogen-bond donors (Lipinski definition) is 1. The van der Waals surface area contributed by atoms with E-state index in [4.69, 9.17) is 5.11 Å². The summed E-state index contributed by atoms with van der Waals surface area (Å²) >= 11 is 0. The average Bonchev–Trinajstić information content (AvgIpc) is 1.80. The fourth-order valence-corrected chi connectivity index (χ4v) is 0.345. The highest BCUT2D eigenvalue weighted by molar-refractivity contribution is 5.15. The van der Waals surface area contributed by atoms with Crippen LogP contribution in [0.2, 0.25) is 0 Å². The van der Waals surface area contributed by atoms with Crippen LogP contribution >= 0.6 is 0 Å². The highest BCUT2D eigenvalue weighted by Gasteiger charge is 1.78. The molecule has 0 radical (unpaired) electrons. The minimum atomic E-state index is -0.0531. The van der Waals surface area contributed by atoms with Gasteiger partial charge in [-0.2, -0.15) is 0 Å². The van der Waals surface area contributed by atoms with Crippen molar-refractivity contribution in [2.24, 2.45) is 5.92 Å². The van der Waals surface area contributed by atoms with Gasteiger partial charge in [0.05, 0.1) is 0 Å². The Balaban J connectivity index is 3.47. The van der Waals surface area contributed by atoms with Crippen LogP contribution in [0.3, 0.4) is 0 Å². The van der Waals surface area contributed by atoms with Crippen LogP contribution < -0.4 is 0 Å². The van der Waals surface area contributed by atoms with Gasteiger partial charge in [-0.15, -0.1) is 0 Å². The molecule has 50 valence electrons. The molecule has 0 spiro atoms. The molecule has 0 atom stereocenters. The normalized spacial score (nSPS) is 9.78. The van der Waals surface area contributed by atoms with E-state index in [-0.39, 0.29) is 6.61 Å². The monoisotopic (exact) mass is 124 g/mol. The van der Waals surface area contributed by atoms with Crippen LogP contribution in [0.1, 0.15) is 13.8 Å². The number of hydrogen-bond acceptors (Lipinski definition) is 1. The Bertz CT molecular complexity index is 134. The SMILES string of the molecule is CC(C)/C=C/C#CCO. The number of aliphatic hydroxyl groups is 1. The average molecular weight is 124 g/mol. The van der Waals surface area contributed by atoms with Crippen molar-refractivity contribution in [2.45, 2.75) is 13.8 Å². The predicted octanol–water partition coefficient (Wildman–Crippen LogP) is 1.19. The molecule has 0 aromatic carbocycles. The first-order chi connectivity index (χ1) is 4.27. The Morgan fingerprint density at radius 1 is 1.56 bits per heavy atom. The van der Waals surface area contributed by atoms with Gasteiger partial charge in [-0.3, -0.25) is 0 Å². The van der Waals surface area contributed by atoms with Gasteiger partial charge < -0.3 is 5.11 Å². The van der Waals surface area contributed by atoms with E-state index >= 15 is 0 Å². The lowest BCUT2D eigenvalue weighted by Gasteiger charge is -1.87. The largest absolute Gasteiger partial charge is 0.384 e. The fraction of sp³-hybridized carbons (Fsp3) is 0.500. The molecule has 9 heavy (non-hydrogen) atoms. The molecule has 0 saturated heterocycles. The Labute approximate surface area is 56.4 Å². The second-order valence-electron chi connectivity index (χ2n) is 2.08. The maximum atomic E-state index is 8.22. The lowest BCUT2D eigenvalue weighted by Crippen LogP contribution is -1.75. The van der Waals surface area contributed by atoms with Crippen molar-refractivity contribution >= 4 is 0 Å². The van der Waals surface area contributed by atoms with E-state index in [1.807, 2.05) is 6.08 Å². The molecule has 0 rings (SSSR count). The molecule has 0 unspecified atom stereocenters. The molecule has 0 aliphatic rings. The van der Waals surface area contributed by atoms with Crippen molar-refractivity contribution < 1.29 is 5.11 Å². The Hall–Kier alpha value is -0.740. The molecular weight excluding hydrogens is 112 g/mol. The Morgan fingerprint density at radius 2 is 2.22 bits per heavy atom. The van der Waals surface area contributed by atoms with Crippen LogP contribution in [0, 0.1) is 17.8 Å². The lowest BCUT2D eigenvalue weighted by atomic mass is 10.2. The second kappa shape index (κ2) is 5.40. The second-order valence-corrected chi connectivity index (χ2v) is 2.08. The molecule has 0 aliphatic carbocycles. The molecule has 0 amide bonds. The summed E-state index contributed by atoms with van der Waals surface area (Å²) in [6.07, 6.45) is 3.75. The third-order valence-electron chi connectivity index (χ3n) is 0.746. The number of aliphatic hydroxyl groups excluding tert-OH is 1. The smallest absolute Gasteiger partial charge is 0.104 e. The first kappa shape index (κ1) is 8.26. The minimum Gasteiger partial charge on any atom is -0.384 e. The van der Waals surface area contributed by atoms with Gasteiger partial charge in [0.25, 0.3) is 0 Å². The molecular formula is C8H12O. The first-order valence-electron chi connectivity index (χ1n) is 3.03. The summed E-state index contributed by atoms with van der Waals surface area (Å²) in [6, 6.07) is 0. The van der Waals surface area contributed by atoms with Gasteiger partial charge in [0, 0.05) is 0 Å². The molecule has 1 N–H and O–H groups in total. The van der Waals surface area contributed by atoms with Crippen LogP contribution in [-0.4, -0.2) is 11.7 Å². The van der Waals surface area contributed by atoms with E-state index in [2.05, 4.69) is 25.7 Å². The van der Waals surface area contributed by atoms with Gasteiger partial charge in [0.1, 0.15) is 6.61 Å². The molecule has 0 saturated carbocycles. The molecule has 0 aromatic heterocycles. The maximum absolute atomic E-state index is 8.22. The van der Waals surface area contributed by atoms with Gasteiger partial charge in [-0.25, -0.2) is 0 Å². The third-order valence-corrected chi connectivity index (χ3v) is 0.746. The van der Waals surface area contributed by atoms with E-state index in [1.54, 1.807) is 6.08 Å². The number of rotatable bonds is 1. The highest BCUT2D eigenvalue weighted by Crippen LogP contribution is 1.91. The fourth-order valence-electron chi connectivity index (χ4n) is 0.345. The summed E-state index contributed by atoms with van der Waals surface area (Å²) in [7, 11) is 0. The number of allylic oxidation sites excluding steroid dienone is 2. The molecule has 0 fully saturated rings. The topological polar surface area (TPSA) is 20.2 Å². The van der Waals surface area contributed by atoms with Crippen molar-refractivity contribution in [1.29, 1.82) is 0 Å². The quantitative estimate of drug-likeness (QED) is 0.521. The molecule has 0 heterocycles. The standard InChI is InChI=1S/C8H12O/c1-8(2)6-4-3-5-7-9/h4,6,8-9H,7H2,1-2H3/b6-4+. The molecule has 0 bridgehead atoms. The van der Waals surface area contributed by atoms with E-state index in [0.717, 1.165) is 0 Å². The van der Waals surface area contributed by atoms with Crippen molar-refractivity contribution in [3.8, 4) is 11.8 Å². The van der Waals surface area contributed by atoms with Crippen LogP contribution in [0.25, 0.3) is 0 Å². The van der Waals surface area contributed by atoms with Crippen LogP contribution in [0.4, 0.5) is 0 Å². The summed E-state index contributed by atoms with van der Waals surface area (Å²) < 4.78 is 0. The van der Waals surface area contributed by atoms with Crippen molar-refractivity contribution in [3.63, 3.8) is 0 Å². The Morgan fingerprint density at radius 3 is 2.67 bits per heavy atom. The molecule has 0 aliphatic heterocycles. The minimum absolute atomic E-state index is 0.0531. The summed E-state index contributed by atoms with van der Waals surface area (Å²) in [5.74, 6) is 5.75. The first-order valence-corrected chi connectivity index (χ1v) is 3.03. The summed E-state index contributed by atoms with van der Waals surface area (Å²) in [6.45, 7) is 4.11. The van der Waals surface area contributed by atoms with Crippen LogP contribution in [0.5, 0.6) is 0 Å². The molecule has 1 heteroatoms. The Kier molecular flexibility index (Phi) is 4.95. The highest BCUT2D eigenvalue weighted by atomic mass is 16.2. The zero-order valence-corrected chi connectivity index (χ0v) is 5.89. The van der Waals surface area contributed by atoms with Crippen LogP contribution in [-0.2, 0) is 0 Å². The van der Waals surface area contributed by atoms with Crippen molar-refractivity contribution in [2.75, 3.05) is 6.61 Å². The maximum Gasteiger partial charge on any atom is 0.104 e. The van der Waals surface area contributed by atoms with Gasteiger partial charge in [-0.1, -0.05) is 31.8 Å². The van der Waals surface area contributed by atoms with Gasteiger partial charge >= 0.3 is 0 Å². The van der Waals surface area contributed by atoms with Crippen LogP contribution in [0.15, 0.2) is 12.2 Å². The zero-order valence-electron chi connectivity index (χ0n) is 5.89. The van der Waals surface area contributed by atoms with Crippen molar-refractivity contribution in [1.82, 2.24) is 0 Å². The van der Waals surface area contributed by atoms with E-state index < -0.39 is 0 Å². The van der Waals surface area contributed by atoms with E-state index in [9.17, 15) is 0 Å². The predicted molar refractivity (Wildman–Crippen MR) is 38.8 cm³/mol. The third kappa shape index (κ3) is 7.26. The summed E-state index contributed by atoms with van der Waals surface area (Å²) in [5.41, 5.74) is 0. The van der Waals surface area contributed by atoms with E-state index in [1.165, 1.54) is 0 Å².